The quantitative estimate of drug-likeness (QED) is 0.367. The molecule has 0 aliphatic carbocycles. The molecule has 0 fully saturated rings. The maximum absolute atomic E-state index is 12.4. The Labute approximate surface area is 224 Å². The van der Waals surface area contributed by atoms with Crippen LogP contribution in [0, 0.1) is 6.92 Å². The van der Waals surface area contributed by atoms with Crippen molar-refractivity contribution in [2.45, 2.75) is 26.4 Å². The van der Waals surface area contributed by atoms with Gasteiger partial charge in [-0.3, -0.25) is 4.99 Å². The maximum atomic E-state index is 12.4. The van der Waals surface area contributed by atoms with E-state index >= 15 is 0 Å². The first-order valence-electron chi connectivity index (χ1n) is 13.0. The second-order valence-electron chi connectivity index (χ2n) is 9.50. The molecular formula is C33H32N2O3. The molecule has 2 aliphatic heterocycles. The Balaban J connectivity index is 1.33. The number of carbonyl (C=O) groups excluding carboxylic acids is 1. The van der Waals surface area contributed by atoms with Crippen LogP contribution in [0.5, 0.6) is 0 Å². The first kappa shape index (κ1) is 25.4. The van der Waals surface area contributed by atoms with Crippen molar-refractivity contribution in [3.8, 4) is 11.1 Å². The van der Waals surface area contributed by atoms with Crippen molar-refractivity contribution in [1.82, 2.24) is 5.32 Å². The van der Waals surface area contributed by atoms with Gasteiger partial charge in [0.15, 0.2) is 0 Å². The molecule has 0 atom stereocenters. The molecule has 0 saturated heterocycles. The maximum Gasteiger partial charge on any atom is 0.338 e. The van der Waals surface area contributed by atoms with Crippen LogP contribution in [0.4, 0.5) is 0 Å². The second-order valence-corrected chi connectivity index (χ2v) is 9.50. The minimum atomic E-state index is -0.309. The lowest BCUT2D eigenvalue weighted by atomic mass is 9.91. The van der Waals surface area contributed by atoms with Crippen LogP contribution in [0.25, 0.3) is 16.7 Å². The van der Waals surface area contributed by atoms with Gasteiger partial charge in [0.2, 0.25) is 0 Å². The van der Waals surface area contributed by atoms with E-state index in [1.807, 2.05) is 18.2 Å². The molecule has 192 valence electrons. The summed E-state index contributed by atoms with van der Waals surface area (Å²) in [6.07, 6.45) is 9.63. The van der Waals surface area contributed by atoms with Crippen LogP contribution >= 0.6 is 0 Å². The summed E-state index contributed by atoms with van der Waals surface area (Å²) in [6.45, 7) is 4.29. The van der Waals surface area contributed by atoms with E-state index in [0.717, 1.165) is 65.2 Å². The zero-order valence-electron chi connectivity index (χ0n) is 21.9. The number of nitrogens with one attached hydrogen (secondary N) is 1. The Bertz CT molecular complexity index is 1430. The average Bonchev–Trinajstić information content (AvgIpc) is 3.22. The van der Waals surface area contributed by atoms with Crippen molar-refractivity contribution in [2.75, 3.05) is 20.2 Å². The van der Waals surface area contributed by atoms with Crippen LogP contribution in [0.15, 0.2) is 102 Å². The number of aliphatic imine (C=N–C) groups is 1. The summed E-state index contributed by atoms with van der Waals surface area (Å²) in [7, 11) is 1.43. The zero-order chi connectivity index (χ0) is 26.3. The van der Waals surface area contributed by atoms with Gasteiger partial charge in [-0.25, -0.2) is 4.79 Å². The molecular weight excluding hydrogens is 472 g/mol. The molecule has 5 nitrogen and oxygen atoms in total. The number of rotatable bonds is 7. The molecule has 38 heavy (non-hydrogen) atoms. The fourth-order valence-electron chi connectivity index (χ4n) is 4.65. The minimum absolute atomic E-state index is 0.309. The highest BCUT2D eigenvalue weighted by Gasteiger charge is 2.17. The van der Waals surface area contributed by atoms with Gasteiger partial charge in [0.1, 0.15) is 12.4 Å². The molecule has 0 spiro atoms. The normalized spacial score (nSPS) is 15.2. The summed E-state index contributed by atoms with van der Waals surface area (Å²) in [6, 6.07) is 22.7. The highest BCUT2D eigenvalue weighted by molar-refractivity contribution is 6.02. The molecule has 3 aromatic carbocycles. The van der Waals surface area contributed by atoms with E-state index in [9.17, 15) is 4.79 Å². The number of hydrogen-bond donors (Lipinski definition) is 1. The summed E-state index contributed by atoms with van der Waals surface area (Å²) in [4.78, 5) is 17.1. The summed E-state index contributed by atoms with van der Waals surface area (Å²) in [5, 5.41) is 3.33. The number of aryl methyl sites for hydroxylation is 1. The number of esters is 1. The van der Waals surface area contributed by atoms with E-state index in [-0.39, 0.29) is 5.97 Å². The van der Waals surface area contributed by atoms with Gasteiger partial charge >= 0.3 is 5.97 Å². The fraction of sp³-hybridized carbons (Fsp3) is 0.212. The third-order valence-corrected chi connectivity index (χ3v) is 6.85. The van der Waals surface area contributed by atoms with Crippen LogP contribution in [0.3, 0.4) is 0 Å². The van der Waals surface area contributed by atoms with Gasteiger partial charge in [-0.2, -0.15) is 0 Å². The topological polar surface area (TPSA) is 59.9 Å². The second kappa shape index (κ2) is 11.9. The number of methoxy groups -OCH3 is 1. The Kier molecular flexibility index (Phi) is 7.95. The molecule has 5 heteroatoms. The van der Waals surface area contributed by atoms with Crippen LogP contribution < -0.4 is 5.32 Å². The first-order valence-corrected chi connectivity index (χ1v) is 13.0. The largest absolute Gasteiger partial charge is 0.487 e. The van der Waals surface area contributed by atoms with Crippen molar-refractivity contribution in [2.24, 2.45) is 4.99 Å². The van der Waals surface area contributed by atoms with Crippen molar-refractivity contribution >= 4 is 17.3 Å². The van der Waals surface area contributed by atoms with Crippen LogP contribution in [-0.4, -0.2) is 31.9 Å². The van der Waals surface area contributed by atoms with Crippen LogP contribution in [0.1, 0.15) is 45.5 Å². The van der Waals surface area contributed by atoms with Crippen molar-refractivity contribution < 1.29 is 14.3 Å². The van der Waals surface area contributed by atoms with Gasteiger partial charge in [-0.05, 0) is 71.5 Å². The van der Waals surface area contributed by atoms with E-state index in [2.05, 4.69) is 79.0 Å². The van der Waals surface area contributed by atoms with Crippen molar-refractivity contribution in [1.29, 1.82) is 0 Å². The number of hydrogen-bond acceptors (Lipinski definition) is 5. The zero-order valence-corrected chi connectivity index (χ0v) is 21.9. The Morgan fingerprint density at radius 1 is 0.974 bits per heavy atom. The average molecular weight is 505 g/mol. The molecule has 0 bridgehead atoms. The Morgan fingerprint density at radius 3 is 2.47 bits per heavy atom. The smallest absolute Gasteiger partial charge is 0.338 e. The first-order chi connectivity index (χ1) is 18.6. The lowest BCUT2D eigenvalue weighted by molar-refractivity contribution is 0.0600. The van der Waals surface area contributed by atoms with Gasteiger partial charge in [0.05, 0.1) is 24.6 Å². The molecule has 0 aromatic heterocycles. The fourth-order valence-corrected chi connectivity index (χ4v) is 4.65. The van der Waals surface area contributed by atoms with Crippen molar-refractivity contribution in [3.05, 3.63) is 125 Å². The van der Waals surface area contributed by atoms with E-state index in [4.69, 9.17) is 14.5 Å². The molecule has 0 saturated carbocycles. The lowest BCUT2D eigenvalue weighted by Crippen LogP contribution is -2.20. The number of allylic oxidation sites excluding steroid dienone is 2. The number of nitrogens with zero attached hydrogens (tertiary/aromatic N) is 1. The third-order valence-electron chi connectivity index (χ3n) is 6.85. The molecule has 5 rings (SSSR count). The highest BCUT2D eigenvalue weighted by Crippen LogP contribution is 2.30. The summed E-state index contributed by atoms with van der Waals surface area (Å²) >= 11 is 0. The Morgan fingerprint density at radius 2 is 1.74 bits per heavy atom. The minimum Gasteiger partial charge on any atom is -0.487 e. The van der Waals surface area contributed by atoms with Gasteiger partial charge in [-0.1, -0.05) is 72.3 Å². The van der Waals surface area contributed by atoms with Crippen LogP contribution in [-0.2, 0) is 16.1 Å². The summed E-state index contributed by atoms with van der Waals surface area (Å²) < 4.78 is 11.0. The molecule has 0 unspecified atom stereocenters. The summed E-state index contributed by atoms with van der Waals surface area (Å²) in [5.74, 6) is 0.443. The van der Waals surface area contributed by atoms with E-state index in [0.29, 0.717) is 12.2 Å². The van der Waals surface area contributed by atoms with Gasteiger partial charge < -0.3 is 14.8 Å². The predicted octanol–water partition coefficient (Wildman–Crippen LogP) is 6.63. The highest BCUT2D eigenvalue weighted by atomic mass is 16.5. The lowest BCUT2D eigenvalue weighted by Gasteiger charge is -2.18. The molecule has 0 amide bonds. The predicted molar refractivity (Wildman–Crippen MR) is 153 cm³/mol. The number of ether oxygens (including phenoxy) is 2. The van der Waals surface area contributed by atoms with E-state index in [1.165, 1.54) is 18.2 Å². The van der Waals surface area contributed by atoms with Crippen molar-refractivity contribution in [3.63, 3.8) is 0 Å². The summed E-state index contributed by atoms with van der Waals surface area (Å²) in [5.41, 5.74) is 9.30. The molecule has 0 radical (unpaired) electrons. The monoisotopic (exact) mass is 504 g/mol. The Hall–Kier alpha value is -4.22. The third kappa shape index (κ3) is 6.01. The molecule has 3 aromatic rings. The standard InChI is InChI=1S/C33H32N2O3/c1-23-6-8-24(9-7-23)22-38-29-4-3-5-32(35-21-29)27-12-10-25(11-13-27)28-14-15-30(33(36)37-2)31(20-28)26-16-18-34-19-17-26/h3-4,6-16,20-21,34H,5,17-19,22H2,1-2H3. The molecule has 1 N–H and O–H groups in total. The SMILES string of the molecule is COC(=O)c1ccc(-c2ccc(C3=NC=C(OCc4ccc(C)cc4)C=CC3)cc2)cc1C1=CCNCC1. The van der Waals surface area contributed by atoms with Crippen LogP contribution in [0.2, 0.25) is 0 Å². The number of benzene rings is 3. The van der Waals surface area contributed by atoms with E-state index in [1.54, 1.807) is 6.20 Å². The van der Waals surface area contributed by atoms with Gasteiger partial charge in [-0.15, -0.1) is 0 Å². The molecule has 2 heterocycles. The van der Waals surface area contributed by atoms with Gasteiger partial charge in [0, 0.05) is 13.0 Å². The van der Waals surface area contributed by atoms with Gasteiger partial charge in [0.25, 0.3) is 0 Å². The van der Waals surface area contributed by atoms with E-state index < -0.39 is 0 Å². The number of carbonyl (C=O) groups is 1. The molecule has 2 aliphatic rings.